The second-order valence-electron chi connectivity index (χ2n) is 6.06. The predicted octanol–water partition coefficient (Wildman–Crippen LogP) is 5.79. The zero-order valence-electron chi connectivity index (χ0n) is 14.2. The van der Waals surface area contributed by atoms with Crippen molar-refractivity contribution in [2.24, 2.45) is 5.73 Å². The van der Waals surface area contributed by atoms with E-state index in [4.69, 9.17) is 10.5 Å². The van der Waals surface area contributed by atoms with Gasteiger partial charge >= 0.3 is 0 Å². The number of hydrogen-bond donors (Lipinski definition) is 1. The van der Waals surface area contributed by atoms with Crippen molar-refractivity contribution < 1.29 is 4.74 Å². The van der Waals surface area contributed by atoms with Gasteiger partial charge in [0.2, 0.25) is 0 Å². The van der Waals surface area contributed by atoms with E-state index in [1.165, 1.54) is 83.5 Å². The highest BCUT2D eigenvalue weighted by Crippen LogP contribution is 2.14. The average Bonchev–Trinajstić information content (AvgIpc) is 3.33. The van der Waals surface area contributed by atoms with E-state index in [-0.39, 0.29) is 6.23 Å². The fourth-order valence-electron chi connectivity index (χ4n) is 1.94. The van der Waals surface area contributed by atoms with Gasteiger partial charge in [0.1, 0.15) is 6.23 Å². The summed E-state index contributed by atoms with van der Waals surface area (Å²) in [5.41, 5.74) is 5.67. The molecule has 0 aromatic carbocycles. The van der Waals surface area contributed by atoms with Crippen molar-refractivity contribution in [2.75, 3.05) is 6.61 Å². The molecule has 0 saturated heterocycles. The summed E-state index contributed by atoms with van der Waals surface area (Å²) in [5, 5.41) is 0. The van der Waals surface area contributed by atoms with E-state index in [1.807, 2.05) is 0 Å². The topological polar surface area (TPSA) is 35.2 Å². The van der Waals surface area contributed by atoms with Crippen LogP contribution in [-0.4, -0.2) is 12.8 Å². The number of unbranched alkanes of at least 4 members (excludes halogenated alkanes) is 9. The van der Waals surface area contributed by atoms with Gasteiger partial charge in [-0.3, -0.25) is 0 Å². The molecule has 1 unspecified atom stereocenters. The van der Waals surface area contributed by atoms with Crippen molar-refractivity contribution >= 4 is 0 Å². The molecule has 2 nitrogen and oxygen atoms in total. The van der Waals surface area contributed by atoms with Crippen molar-refractivity contribution in [2.45, 2.75) is 110 Å². The highest BCUT2D eigenvalue weighted by Gasteiger charge is 1.97. The third-order valence-corrected chi connectivity index (χ3v) is 3.59. The molecule has 2 heteroatoms. The number of ether oxygens (including phenoxy) is 1. The second kappa shape index (κ2) is 17.0. The predicted molar refractivity (Wildman–Crippen MR) is 89.9 cm³/mol. The van der Waals surface area contributed by atoms with E-state index in [9.17, 15) is 0 Å². The maximum absolute atomic E-state index is 5.67. The quantitative estimate of drug-likeness (QED) is 0.343. The molecule has 0 aromatic heterocycles. The third kappa shape index (κ3) is 20.2. The minimum absolute atomic E-state index is 0.0476. The Bertz CT molecular complexity index is 168. The minimum Gasteiger partial charge on any atom is -0.364 e. The Balaban J connectivity index is 0.00000105. The lowest BCUT2D eigenvalue weighted by atomic mass is 10.1. The standard InChI is InChI=1S/C15H33NO.C3H6/c1-3-5-6-7-8-9-10-11-12-13-14-17-15(16)4-2;1-2-3-1/h15H,3-14,16H2,1-2H3;1-3H2. The molecular weight excluding hydrogens is 246 g/mol. The Morgan fingerprint density at radius 2 is 1.20 bits per heavy atom. The van der Waals surface area contributed by atoms with Gasteiger partial charge in [-0.25, -0.2) is 0 Å². The summed E-state index contributed by atoms with van der Waals surface area (Å²) in [4.78, 5) is 0. The van der Waals surface area contributed by atoms with E-state index in [1.54, 1.807) is 0 Å². The van der Waals surface area contributed by atoms with Crippen LogP contribution >= 0.6 is 0 Å². The molecule has 0 aromatic rings. The molecule has 1 rings (SSSR count). The van der Waals surface area contributed by atoms with Crippen molar-refractivity contribution in [1.29, 1.82) is 0 Å². The number of nitrogens with two attached hydrogens (primary N) is 1. The van der Waals surface area contributed by atoms with E-state index in [0.29, 0.717) is 0 Å². The lowest BCUT2D eigenvalue weighted by molar-refractivity contribution is 0.0526. The van der Waals surface area contributed by atoms with E-state index >= 15 is 0 Å². The smallest absolute Gasteiger partial charge is 0.105 e. The van der Waals surface area contributed by atoms with Gasteiger partial charge in [-0.2, -0.15) is 0 Å². The van der Waals surface area contributed by atoms with Crippen LogP contribution in [0.25, 0.3) is 0 Å². The lowest BCUT2D eigenvalue weighted by Gasteiger charge is -2.09. The summed E-state index contributed by atoms with van der Waals surface area (Å²) in [7, 11) is 0. The highest BCUT2D eigenvalue weighted by molar-refractivity contribution is 4.50. The molecule has 0 heterocycles. The Hall–Kier alpha value is -0.0800. The monoisotopic (exact) mass is 285 g/mol. The van der Waals surface area contributed by atoms with E-state index in [0.717, 1.165) is 13.0 Å². The number of rotatable bonds is 13. The van der Waals surface area contributed by atoms with Crippen LogP contribution in [0.5, 0.6) is 0 Å². The molecule has 1 saturated carbocycles. The van der Waals surface area contributed by atoms with Gasteiger partial charge in [0.25, 0.3) is 0 Å². The maximum atomic E-state index is 5.67. The maximum Gasteiger partial charge on any atom is 0.105 e. The largest absolute Gasteiger partial charge is 0.364 e. The van der Waals surface area contributed by atoms with Gasteiger partial charge in [-0.15, -0.1) is 0 Å². The Morgan fingerprint density at radius 1 is 0.750 bits per heavy atom. The van der Waals surface area contributed by atoms with Crippen LogP contribution in [0, 0.1) is 0 Å². The summed E-state index contributed by atoms with van der Waals surface area (Å²) in [5.74, 6) is 0. The van der Waals surface area contributed by atoms with Gasteiger partial charge in [0.05, 0.1) is 0 Å². The molecule has 0 spiro atoms. The molecule has 0 amide bonds. The Kier molecular flexibility index (Phi) is 16.9. The lowest BCUT2D eigenvalue weighted by Crippen LogP contribution is -2.22. The van der Waals surface area contributed by atoms with Crippen molar-refractivity contribution in [3.05, 3.63) is 0 Å². The average molecular weight is 286 g/mol. The Morgan fingerprint density at radius 3 is 1.60 bits per heavy atom. The normalized spacial score (nSPS) is 14.6. The molecule has 0 radical (unpaired) electrons. The summed E-state index contributed by atoms with van der Waals surface area (Å²) in [6.07, 6.45) is 19.1. The van der Waals surface area contributed by atoms with Crippen molar-refractivity contribution in [3.63, 3.8) is 0 Å². The second-order valence-corrected chi connectivity index (χ2v) is 6.06. The number of hydrogen-bond acceptors (Lipinski definition) is 2. The summed E-state index contributed by atoms with van der Waals surface area (Å²) in [6.45, 7) is 5.17. The molecule has 1 fully saturated rings. The molecule has 2 N–H and O–H groups in total. The zero-order valence-corrected chi connectivity index (χ0v) is 14.2. The first kappa shape index (κ1) is 19.9. The van der Waals surface area contributed by atoms with Crippen LogP contribution in [0.15, 0.2) is 0 Å². The molecule has 20 heavy (non-hydrogen) atoms. The summed E-state index contributed by atoms with van der Waals surface area (Å²) >= 11 is 0. The van der Waals surface area contributed by atoms with Gasteiger partial charge < -0.3 is 10.5 Å². The van der Waals surface area contributed by atoms with Crippen LogP contribution in [0.2, 0.25) is 0 Å². The van der Waals surface area contributed by atoms with Gasteiger partial charge in [-0.1, -0.05) is 90.9 Å². The Labute approximate surface area is 127 Å². The van der Waals surface area contributed by atoms with Gasteiger partial charge in [-0.05, 0) is 12.8 Å². The molecule has 122 valence electrons. The fraction of sp³-hybridized carbons (Fsp3) is 1.00. The summed E-state index contributed by atoms with van der Waals surface area (Å²) < 4.78 is 5.44. The van der Waals surface area contributed by atoms with E-state index in [2.05, 4.69) is 13.8 Å². The van der Waals surface area contributed by atoms with Crippen LogP contribution in [-0.2, 0) is 4.74 Å². The molecule has 0 bridgehead atoms. The first-order chi connectivity index (χ1) is 9.81. The van der Waals surface area contributed by atoms with E-state index < -0.39 is 0 Å². The van der Waals surface area contributed by atoms with Crippen LogP contribution in [0.1, 0.15) is 104 Å². The summed E-state index contributed by atoms with van der Waals surface area (Å²) in [6, 6.07) is 0. The highest BCUT2D eigenvalue weighted by atomic mass is 16.5. The first-order valence-corrected chi connectivity index (χ1v) is 9.18. The molecule has 1 aliphatic carbocycles. The van der Waals surface area contributed by atoms with Gasteiger partial charge in [0.15, 0.2) is 0 Å². The van der Waals surface area contributed by atoms with Crippen molar-refractivity contribution in [1.82, 2.24) is 0 Å². The van der Waals surface area contributed by atoms with Crippen LogP contribution < -0.4 is 5.73 Å². The molecule has 1 atom stereocenters. The molecular formula is C18H39NO. The fourth-order valence-corrected chi connectivity index (χ4v) is 1.94. The first-order valence-electron chi connectivity index (χ1n) is 9.18. The zero-order chi connectivity index (χ0) is 14.9. The molecule has 0 aliphatic heterocycles. The minimum atomic E-state index is -0.0476. The van der Waals surface area contributed by atoms with Crippen molar-refractivity contribution in [3.8, 4) is 0 Å². The third-order valence-electron chi connectivity index (χ3n) is 3.59. The molecule has 1 aliphatic rings. The van der Waals surface area contributed by atoms with Gasteiger partial charge in [0, 0.05) is 6.61 Å². The van der Waals surface area contributed by atoms with Crippen LogP contribution in [0.4, 0.5) is 0 Å². The SMILES string of the molecule is C1CC1.CCCCCCCCCCCCOC(N)CC. The van der Waals surface area contributed by atoms with Crippen LogP contribution in [0.3, 0.4) is 0 Å².